The first-order chi connectivity index (χ1) is 15.5. The lowest BCUT2D eigenvalue weighted by Crippen LogP contribution is -2.05. The summed E-state index contributed by atoms with van der Waals surface area (Å²) in [6.07, 6.45) is 0. The Morgan fingerprint density at radius 2 is 1.38 bits per heavy atom. The predicted octanol–water partition coefficient (Wildman–Crippen LogP) is 5.10. The molecule has 10 heteroatoms. The summed E-state index contributed by atoms with van der Waals surface area (Å²) in [5.74, 6) is 1.23. The molecule has 32 heavy (non-hydrogen) atoms. The quantitative estimate of drug-likeness (QED) is 0.209. The summed E-state index contributed by atoms with van der Waals surface area (Å²) in [6, 6.07) is 22.9. The molecule has 0 fully saturated rings. The van der Waals surface area contributed by atoms with Gasteiger partial charge in [-0.25, -0.2) is 0 Å². The molecule has 0 spiro atoms. The average molecular weight is 447 g/mol. The number of nitrogens with zero attached hydrogens (tertiary/aromatic N) is 5. The zero-order valence-electron chi connectivity index (χ0n) is 16.7. The van der Waals surface area contributed by atoms with Crippen molar-refractivity contribution >= 4 is 23.1 Å². The summed E-state index contributed by atoms with van der Waals surface area (Å²) in [4.78, 5) is 21.3. The third-order valence-corrected chi connectivity index (χ3v) is 5.72. The van der Waals surface area contributed by atoms with Gasteiger partial charge in [0, 0.05) is 23.4 Å². The van der Waals surface area contributed by atoms with E-state index >= 15 is 0 Å². The molecule has 1 aromatic heterocycles. The van der Waals surface area contributed by atoms with Gasteiger partial charge >= 0.3 is 0 Å². The molecule has 0 amide bonds. The summed E-state index contributed by atoms with van der Waals surface area (Å²) in [7, 11) is 0. The molecule has 9 nitrogen and oxygen atoms in total. The van der Waals surface area contributed by atoms with Gasteiger partial charge in [-0.2, -0.15) is 0 Å². The smallest absolute Gasteiger partial charge is 0.276 e. The van der Waals surface area contributed by atoms with E-state index < -0.39 is 9.85 Å². The Bertz CT molecular complexity index is 1230. The zero-order chi connectivity index (χ0) is 22.5. The van der Waals surface area contributed by atoms with Crippen LogP contribution in [0, 0.1) is 20.2 Å². The van der Waals surface area contributed by atoms with E-state index in [0.29, 0.717) is 22.3 Å². The first-order valence-electron chi connectivity index (χ1n) is 9.59. The number of hydrogen-bond donors (Lipinski definition) is 0. The van der Waals surface area contributed by atoms with E-state index in [9.17, 15) is 20.2 Å². The van der Waals surface area contributed by atoms with E-state index in [0.717, 1.165) is 17.2 Å². The molecule has 4 aromatic rings. The molecule has 3 aromatic carbocycles. The van der Waals surface area contributed by atoms with Crippen molar-refractivity contribution in [2.75, 3.05) is 0 Å². The SMILES string of the molecule is O=[N+]([O-])c1cc(Cn2c(SCc3ccccc3)nnc2-c2ccccc2)cc([N+](=O)[O-])c1. The van der Waals surface area contributed by atoms with E-state index in [-0.39, 0.29) is 17.9 Å². The highest BCUT2D eigenvalue weighted by atomic mass is 32.2. The van der Waals surface area contributed by atoms with Crippen LogP contribution in [0.25, 0.3) is 11.4 Å². The monoisotopic (exact) mass is 447 g/mol. The maximum atomic E-state index is 11.3. The molecule has 0 unspecified atom stereocenters. The number of nitro benzene ring substituents is 2. The van der Waals surface area contributed by atoms with Gasteiger partial charge in [-0.1, -0.05) is 72.4 Å². The lowest BCUT2D eigenvalue weighted by molar-refractivity contribution is -0.394. The molecular formula is C22H17N5O4S. The number of aromatic nitrogens is 3. The van der Waals surface area contributed by atoms with Gasteiger partial charge in [-0.3, -0.25) is 24.8 Å². The summed E-state index contributed by atoms with van der Waals surface area (Å²) < 4.78 is 1.83. The highest BCUT2D eigenvalue weighted by molar-refractivity contribution is 7.98. The Balaban J connectivity index is 1.73. The zero-order valence-corrected chi connectivity index (χ0v) is 17.5. The van der Waals surface area contributed by atoms with E-state index in [1.807, 2.05) is 65.2 Å². The number of non-ortho nitro benzene ring substituents is 2. The van der Waals surface area contributed by atoms with Gasteiger partial charge in [0.05, 0.1) is 22.5 Å². The van der Waals surface area contributed by atoms with Crippen molar-refractivity contribution in [3.05, 3.63) is 110 Å². The second-order valence-corrected chi connectivity index (χ2v) is 7.85. The fourth-order valence-corrected chi connectivity index (χ4v) is 4.10. The largest absolute Gasteiger partial charge is 0.298 e. The summed E-state index contributed by atoms with van der Waals surface area (Å²) >= 11 is 1.48. The van der Waals surface area contributed by atoms with Gasteiger partial charge in [0.1, 0.15) is 0 Å². The number of nitro groups is 2. The van der Waals surface area contributed by atoms with Crippen molar-refractivity contribution < 1.29 is 9.85 Å². The van der Waals surface area contributed by atoms with E-state index in [1.165, 1.54) is 23.9 Å². The topological polar surface area (TPSA) is 117 Å². The molecular weight excluding hydrogens is 430 g/mol. The minimum Gasteiger partial charge on any atom is -0.298 e. The van der Waals surface area contributed by atoms with Crippen LogP contribution in [0.4, 0.5) is 11.4 Å². The van der Waals surface area contributed by atoms with Crippen LogP contribution >= 0.6 is 11.8 Å². The first kappa shape index (κ1) is 21.2. The standard InChI is InChI=1S/C22H17N5O4S/c28-26(29)19-11-17(12-20(13-19)27(30)31)14-25-21(18-9-5-2-6-10-18)23-24-22(25)32-15-16-7-3-1-4-8-16/h1-13H,14-15H2. The van der Waals surface area contributed by atoms with Crippen molar-refractivity contribution in [3.8, 4) is 11.4 Å². The average Bonchev–Trinajstić information content (AvgIpc) is 3.21. The molecule has 0 saturated carbocycles. The van der Waals surface area contributed by atoms with Crippen LogP contribution in [0.15, 0.2) is 84.0 Å². The molecule has 4 rings (SSSR count). The van der Waals surface area contributed by atoms with E-state index in [1.54, 1.807) is 0 Å². The first-order valence-corrected chi connectivity index (χ1v) is 10.6. The van der Waals surface area contributed by atoms with E-state index in [4.69, 9.17) is 0 Å². The normalized spacial score (nSPS) is 10.8. The fraction of sp³-hybridized carbons (Fsp3) is 0.0909. The van der Waals surface area contributed by atoms with Crippen LogP contribution in [0.3, 0.4) is 0 Å². The van der Waals surface area contributed by atoms with Crippen LogP contribution < -0.4 is 0 Å². The molecule has 0 aliphatic rings. The number of thioether (sulfide) groups is 1. The second kappa shape index (κ2) is 9.40. The summed E-state index contributed by atoms with van der Waals surface area (Å²) in [5.41, 5.74) is 1.69. The Hall–Kier alpha value is -4.05. The third kappa shape index (κ3) is 4.81. The van der Waals surface area contributed by atoms with Gasteiger partial charge < -0.3 is 0 Å². The van der Waals surface area contributed by atoms with Crippen LogP contribution in [0.1, 0.15) is 11.1 Å². The van der Waals surface area contributed by atoms with Gasteiger partial charge in [0.25, 0.3) is 11.4 Å². The van der Waals surface area contributed by atoms with Crippen LogP contribution in [0.5, 0.6) is 0 Å². The Labute approximate surface area is 187 Å². The maximum absolute atomic E-state index is 11.3. The number of rotatable bonds is 8. The second-order valence-electron chi connectivity index (χ2n) is 6.90. The van der Waals surface area contributed by atoms with Gasteiger partial charge in [-0.05, 0) is 11.1 Å². The van der Waals surface area contributed by atoms with Crippen LogP contribution in [-0.4, -0.2) is 24.6 Å². The lowest BCUT2D eigenvalue weighted by Gasteiger charge is -2.11. The molecule has 1 heterocycles. The third-order valence-electron chi connectivity index (χ3n) is 4.68. The molecule has 0 radical (unpaired) electrons. The van der Waals surface area contributed by atoms with Crippen molar-refractivity contribution in [2.24, 2.45) is 0 Å². The van der Waals surface area contributed by atoms with Gasteiger partial charge in [0.15, 0.2) is 11.0 Å². The highest BCUT2D eigenvalue weighted by Crippen LogP contribution is 2.29. The Morgan fingerprint density at radius 3 is 1.97 bits per heavy atom. The van der Waals surface area contributed by atoms with Gasteiger partial charge in [-0.15, -0.1) is 10.2 Å². The van der Waals surface area contributed by atoms with Gasteiger partial charge in [0.2, 0.25) is 0 Å². The molecule has 0 atom stereocenters. The number of benzene rings is 3. The van der Waals surface area contributed by atoms with Crippen LogP contribution in [-0.2, 0) is 12.3 Å². The lowest BCUT2D eigenvalue weighted by atomic mass is 10.1. The van der Waals surface area contributed by atoms with E-state index in [2.05, 4.69) is 10.2 Å². The highest BCUT2D eigenvalue weighted by Gasteiger charge is 2.20. The van der Waals surface area contributed by atoms with Crippen molar-refractivity contribution in [1.29, 1.82) is 0 Å². The summed E-state index contributed by atoms with van der Waals surface area (Å²) in [6.45, 7) is 0.150. The Kier molecular flexibility index (Phi) is 6.22. The fourth-order valence-electron chi connectivity index (χ4n) is 3.20. The molecule has 0 aliphatic heterocycles. The minimum atomic E-state index is -0.633. The maximum Gasteiger partial charge on any atom is 0.276 e. The minimum absolute atomic E-state index is 0.150. The van der Waals surface area contributed by atoms with Crippen molar-refractivity contribution in [2.45, 2.75) is 17.5 Å². The Morgan fingerprint density at radius 1 is 0.781 bits per heavy atom. The summed E-state index contributed by atoms with van der Waals surface area (Å²) in [5, 5.41) is 31.9. The molecule has 0 saturated heterocycles. The molecule has 0 bridgehead atoms. The van der Waals surface area contributed by atoms with Crippen molar-refractivity contribution in [1.82, 2.24) is 14.8 Å². The predicted molar refractivity (Wildman–Crippen MR) is 120 cm³/mol. The van der Waals surface area contributed by atoms with Crippen LogP contribution in [0.2, 0.25) is 0 Å². The van der Waals surface area contributed by atoms with Crippen molar-refractivity contribution in [3.63, 3.8) is 0 Å². The molecule has 0 aliphatic carbocycles. The number of hydrogen-bond acceptors (Lipinski definition) is 7. The molecule has 0 N–H and O–H groups in total. The molecule has 160 valence electrons.